The van der Waals surface area contributed by atoms with E-state index in [9.17, 15) is 4.79 Å². The van der Waals surface area contributed by atoms with E-state index in [1.165, 1.54) is 0 Å². The molecule has 6 aromatic rings. The Morgan fingerprint density at radius 1 is 1.05 bits per heavy atom. The molecule has 10 nitrogen and oxygen atoms in total. The number of nitrogens with one attached hydrogen (secondary N) is 3. The van der Waals surface area contributed by atoms with Crippen LogP contribution in [0.15, 0.2) is 61.6 Å². The van der Waals surface area contributed by atoms with Crippen molar-refractivity contribution < 1.29 is 4.79 Å². The SMILES string of the molecule is Cc1cn(-c2nccc3[nH]c(-c4n[nH]c5cnc(-c6cncc(NC(=O)C7CCC7)c6)cc45)cc23)cn1. The molecular formula is C27H23N9O. The number of H-pyrrole nitrogens is 2. The minimum atomic E-state index is 0.0595. The van der Waals surface area contributed by atoms with Crippen LogP contribution in [-0.4, -0.2) is 45.6 Å². The molecule has 1 aliphatic carbocycles. The Labute approximate surface area is 211 Å². The van der Waals surface area contributed by atoms with Gasteiger partial charge in [-0.05, 0) is 44.0 Å². The number of nitrogens with zero attached hydrogens (tertiary/aromatic N) is 6. The van der Waals surface area contributed by atoms with Crippen molar-refractivity contribution >= 4 is 33.4 Å². The lowest BCUT2D eigenvalue weighted by Gasteiger charge is -2.24. The summed E-state index contributed by atoms with van der Waals surface area (Å²) >= 11 is 0. The summed E-state index contributed by atoms with van der Waals surface area (Å²) < 4.78 is 1.92. The van der Waals surface area contributed by atoms with E-state index in [0.29, 0.717) is 5.69 Å². The zero-order chi connectivity index (χ0) is 24.9. The lowest BCUT2D eigenvalue weighted by molar-refractivity contribution is -0.122. The highest BCUT2D eigenvalue weighted by Gasteiger charge is 2.25. The molecule has 0 saturated heterocycles. The molecule has 1 fully saturated rings. The molecule has 6 heterocycles. The number of rotatable bonds is 5. The van der Waals surface area contributed by atoms with Crippen molar-refractivity contribution in [1.82, 2.24) is 39.7 Å². The summed E-state index contributed by atoms with van der Waals surface area (Å²) in [6.45, 7) is 1.95. The summed E-state index contributed by atoms with van der Waals surface area (Å²) in [6, 6.07) is 7.90. The summed E-state index contributed by atoms with van der Waals surface area (Å²) in [4.78, 5) is 33.7. The number of hydrogen-bond donors (Lipinski definition) is 3. The van der Waals surface area contributed by atoms with Crippen LogP contribution in [0.4, 0.5) is 5.69 Å². The first-order valence-corrected chi connectivity index (χ1v) is 12.2. The molecule has 0 atom stereocenters. The van der Waals surface area contributed by atoms with Gasteiger partial charge in [-0.3, -0.25) is 24.4 Å². The predicted molar refractivity (Wildman–Crippen MR) is 140 cm³/mol. The Balaban J connectivity index is 1.26. The zero-order valence-electron chi connectivity index (χ0n) is 20.1. The smallest absolute Gasteiger partial charge is 0.227 e. The second kappa shape index (κ2) is 8.37. The van der Waals surface area contributed by atoms with Gasteiger partial charge in [0.25, 0.3) is 0 Å². The minimum Gasteiger partial charge on any atom is -0.353 e. The molecular weight excluding hydrogens is 466 g/mol. The van der Waals surface area contributed by atoms with Crippen molar-refractivity contribution in [1.29, 1.82) is 0 Å². The van der Waals surface area contributed by atoms with Crippen LogP contribution in [0.1, 0.15) is 25.0 Å². The molecule has 6 aromatic heterocycles. The van der Waals surface area contributed by atoms with Gasteiger partial charge in [0, 0.05) is 40.8 Å². The molecule has 1 aliphatic rings. The second-order valence-corrected chi connectivity index (χ2v) is 9.47. The fraction of sp³-hybridized carbons (Fsp3) is 0.185. The lowest BCUT2D eigenvalue weighted by atomic mass is 9.85. The van der Waals surface area contributed by atoms with Gasteiger partial charge in [-0.15, -0.1) is 0 Å². The van der Waals surface area contributed by atoms with Crippen molar-refractivity contribution in [3.63, 3.8) is 0 Å². The van der Waals surface area contributed by atoms with Crippen molar-refractivity contribution in [3.8, 4) is 28.5 Å². The average Bonchev–Trinajstić information content (AvgIpc) is 3.60. The van der Waals surface area contributed by atoms with Crippen LogP contribution in [0.3, 0.4) is 0 Å². The Morgan fingerprint density at radius 2 is 1.97 bits per heavy atom. The fourth-order valence-electron chi connectivity index (χ4n) is 4.75. The second-order valence-electron chi connectivity index (χ2n) is 9.47. The van der Waals surface area contributed by atoms with Gasteiger partial charge < -0.3 is 10.3 Å². The van der Waals surface area contributed by atoms with E-state index in [1.54, 1.807) is 31.1 Å². The molecule has 0 unspecified atom stereocenters. The maximum absolute atomic E-state index is 12.4. The number of carbonyl (C=O) groups is 1. The normalized spacial score (nSPS) is 13.8. The van der Waals surface area contributed by atoms with Gasteiger partial charge in [0.1, 0.15) is 17.8 Å². The quantitative estimate of drug-likeness (QED) is 0.319. The molecule has 7 rings (SSSR count). The molecule has 37 heavy (non-hydrogen) atoms. The van der Waals surface area contributed by atoms with Gasteiger partial charge in [0.2, 0.25) is 5.91 Å². The van der Waals surface area contributed by atoms with Crippen LogP contribution in [0.5, 0.6) is 0 Å². The van der Waals surface area contributed by atoms with E-state index in [2.05, 4.69) is 46.5 Å². The van der Waals surface area contributed by atoms with Crippen LogP contribution in [0, 0.1) is 12.8 Å². The average molecular weight is 490 g/mol. The number of fused-ring (bicyclic) bond motifs is 2. The molecule has 3 N–H and O–H groups in total. The van der Waals surface area contributed by atoms with E-state index in [0.717, 1.165) is 75.2 Å². The van der Waals surface area contributed by atoms with Gasteiger partial charge >= 0.3 is 0 Å². The lowest BCUT2D eigenvalue weighted by Crippen LogP contribution is -2.28. The van der Waals surface area contributed by atoms with E-state index >= 15 is 0 Å². The van der Waals surface area contributed by atoms with Crippen LogP contribution < -0.4 is 5.32 Å². The maximum Gasteiger partial charge on any atom is 0.227 e. The highest BCUT2D eigenvalue weighted by Crippen LogP contribution is 2.33. The van der Waals surface area contributed by atoms with E-state index in [1.807, 2.05) is 35.9 Å². The molecule has 0 aliphatic heterocycles. The fourth-order valence-corrected chi connectivity index (χ4v) is 4.75. The summed E-state index contributed by atoms with van der Waals surface area (Å²) in [5.74, 6) is 0.968. The van der Waals surface area contributed by atoms with Gasteiger partial charge in [0.05, 0.1) is 46.2 Å². The van der Waals surface area contributed by atoms with Gasteiger partial charge in [-0.25, -0.2) is 9.97 Å². The molecule has 0 spiro atoms. The largest absolute Gasteiger partial charge is 0.353 e. The summed E-state index contributed by atoms with van der Waals surface area (Å²) in [5.41, 5.74) is 6.59. The van der Waals surface area contributed by atoms with Crippen LogP contribution in [-0.2, 0) is 4.79 Å². The zero-order valence-corrected chi connectivity index (χ0v) is 20.1. The van der Waals surface area contributed by atoms with Crippen LogP contribution in [0.2, 0.25) is 0 Å². The van der Waals surface area contributed by atoms with E-state index in [-0.39, 0.29) is 11.8 Å². The topological polar surface area (TPSA) is 130 Å². The number of aryl methyl sites for hydroxylation is 1. The monoisotopic (exact) mass is 489 g/mol. The number of aromatic nitrogens is 8. The summed E-state index contributed by atoms with van der Waals surface area (Å²) in [6.07, 6.45) is 13.7. The third-order valence-corrected chi connectivity index (χ3v) is 6.96. The molecule has 1 amide bonds. The molecule has 10 heteroatoms. The van der Waals surface area contributed by atoms with Crippen LogP contribution >= 0.6 is 0 Å². The Hall–Kier alpha value is -4.86. The number of amides is 1. The molecule has 1 saturated carbocycles. The predicted octanol–water partition coefficient (Wildman–Crippen LogP) is 4.80. The molecule has 0 aromatic carbocycles. The number of anilines is 1. The Bertz CT molecular complexity index is 1790. The number of aromatic amines is 2. The standard InChI is InChI=1S/C27H23N9O/c1-15-13-36(14-31-15)26-20-9-23(33-21(20)5-6-29-26)25-19-8-22(30-12-24(19)34-35-25)17-7-18(11-28-10-17)32-27(37)16-3-2-4-16/h5-14,16,33H,2-4H2,1H3,(H,32,37)(H,34,35). The van der Waals surface area contributed by atoms with Crippen molar-refractivity contribution in [2.45, 2.75) is 26.2 Å². The molecule has 0 bridgehead atoms. The van der Waals surface area contributed by atoms with Gasteiger partial charge in [-0.2, -0.15) is 5.10 Å². The van der Waals surface area contributed by atoms with E-state index in [4.69, 9.17) is 0 Å². The van der Waals surface area contributed by atoms with E-state index < -0.39 is 0 Å². The van der Waals surface area contributed by atoms with Crippen molar-refractivity contribution in [2.24, 2.45) is 5.92 Å². The van der Waals surface area contributed by atoms with Crippen LogP contribution in [0.25, 0.3) is 50.3 Å². The first-order chi connectivity index (χ1) is 18.1. The third kappa shape index (κ3) is 3.74. The summed E-state index contributed by atoms with van der Waals surface area (Å²) in [7, 11) is 0. The first kappa shape index (κ1) is 21.4. The number of hydrogen-bond acceptors (Lipinski definition) is 6. The van der Waals surface area contributed by atoms with Crippen molar-refractivity contribution in [3.05, 3.63) is 67.3 Å². The Morgan fingerprint density at radius 3 is 2.78 bits per heavy atom. The van der Waals surface area contributed by atoms with Gasteiger partial charge in [-0.1, -0.05) is 6.42 Å². The maximum atomic E-state index is 12.4. The number of pyridine rings is 3. The minimum absolute atomic E-state index is 0.0595. The Kier molecular flexibility index (Phi) is 4.85. The highest BCUT2D eigenvalue weighted by molar-refractivity contribution is 5.98. The third-order valence-electron chi connectivity index (χ3n) is 6.96. The summed E-state index contributed by atoms with van der Waals surface area (Å²) in [5, 5.41) is 12.6. The first-order valence-electron chi connectivity index (χ1n) is 12.2. The van der Waals surface area contributed by atoms with Crippen molar-refractivity contribution in [2.75, 3.05) is 5.32 Å². The van der Waals surface area contributed by atoms with Gasteiger partial charge in [0.15, 0.2) is 0 Å². The number of carbonyl (C=O) groups excluding carboxylic acids is 1. The highest BCUT2D eigenvalue weighted by atomic mass is 16.1. The number of imidazole rings is 1. The molecule has 0 radical (unpaired) electrons. The molecule has 182 valence electrons.